The summed E-state index contributed by atoms with van der Waals surface area (Å²) in [6.07, 6.45) is 0. The Kier molecular flexibility index (Phi) is 5.28. The molecule has 0 aliphatic rings. The lowest BCUT2D eigenvalue weighted by atomic mass is 10.2. The van der Waals surface area contributed by atoms with Crippen LogP contribution in [0.3, 0.4) is 0 Å². The molecule has 0 radical (unpaired) electrons. The van der Waals surface area contributed by atoms with Gasteiger partial charge >= 0.3 is 12.0 Å². The Morgan fingerprint density at radius 1 is 1.53 bits per heavy atom. The van der Waals surface area contributed by atoms with Gasteiger partial charge in [-0.05, 0) is 13.8 Å². The van der Waals surface area contributed by atoms with Crippen molar-refractivity contribution in [1.29, 1.82) is 0 Å². The van der Waals surface area contributed by atoms with Crippen molar-refractivity contribution in [1.82, 2.24) is 20.4 Å². The summed E-state index contributed by atoms with van der Waals surface area (Å²) < 4.78 is 4.86. The second kappa shape index (κ2) is 6.72. The molecule has 0 aliphatic heterocycles. The summed E-state index contributed by atoms with van der Waals surface area (Å²) in [6, 6.07) is -0.355. The maximum atomic E-state index is 11.8. The number of urea groups is 1. The van der Waals surface area contributed by atoms with Gasteiger partial charge in [0.15, 0.2) is 5.82 Å². The Morgan fingerprint density at radius 3 is 2.68 bits per heavy atom. The van der Waals surface area contributed by atoms with Crippen LogP contribution in [0.4, 0.5) is 4.79 Å². The standard InChI is InChI=1S/C11H18N4O4/c1-4-15(6-7(2)10(16)17)11(18)12-5-9-13-8(3)14-19-9/h7H,4-6H2,1-3H3,(H,12,18)(H,16,17). The molecule has 0 bridgehead atoms. The zero-order valence-corrected chi connectivity index (χ0v) is 11.2. The summed E-state index contributed by atoms with van der Waals surface area (Å²) >= 11 is 0. The second-order valence-electron chi connectivity index (χ2n) is 4.17. The molecule has 106 valence electrons. The molecule has 0 saturated carbocycles. The average molecular weight is 270 g/mol. The zero-order chi connectivity index (χ0) is 14.4. The quantitative estimate of drug-likeness (QED) is 0.784. The first-order valence-electron chi connectivity index (χ1n) is 5.98. The van der Waals surface area contributed by atoms with Crippen LogP contribution in [0.5, 0.6) is 0 Å². The monoisotopic (exact) mass is 270 g/mol. The molecule has 1 unspecified atom stereocenters. The van der Waals surface area contributed by atoms with Gasteiger partial charge in [0.2, 0.25) is 5.89 Å². The summed E-state index contributed by atoms with van der Waals surface area (Å²) in [5, 5.41) is 15.0. The Morgan fingerprint density at radius 2 is 2.21 bits per heavy atom. The minimum Gasteiger partial charge on any atom is -0.481 e. The van der Waals surface area contributed by atoms with E-state index in [4.69, 9.17) is 9.63 Å². The number of hydrogen-bond acceptors (Lipinski definition) is 5. The lowest BCUT2D eigenvalue weighted by Gasteiger charge is -2.22. The highest BCUT2D eigenvalue weighted by Gasteiger charge is 2.19. The van der Waals surface area contributed by atoms with Gasteiger partial charge in [0.25, 0.3) is 0 Å². The predicted molar refractivity (Wildman–Crippen MR) is 65.3 cm³/mol. The first kappa shape index (κ1) is 14.9. The van der Waals surface area contributed by atoms with E-state index in [2.05, 4.69) is 15.5 Å². The third-order valence-corrected chi connectivity index (χ3v) is 2.55. The van der Waals surface area contributed by atoms with Gasteiger partial charge in [-0.3, -0.25) is 4.79 Å². The molecule has 2 N–H and O–H groups in total. The second-order valence-corrected chi connectivity index (χ2v) is 4.17. The number of nitrogens with zero attached hydrogens (tertiary/aromatic N) is 3. The normalized spacial score (nSPS) is 11.9. The Bertz CT molecular complexity index is 446. The first-order valence-corrected chi connectivity index (χ1v) is 5.98. The minimum absolute atomic E-state index is 0.123. The predicted octanol–water partition coefficient (Wildman–Crippen LogP) is 0.630. The molecular weight excluding hydrogens is 252 g/mol. The third-order valence-electron chi connectivity index (χ3n) is 2.55. The van der Waals surface area contributed by atoms with Crippen LogP contribution < -0.4 is 5.32 Å². The number of hydrogen-bond donors (Lipinski definition) is 2. The Labute approximate surface area is 110 Å². The number of amides is 2. The van der Waals surface area contributed by atoms with E-state index in [1.54, 1.807) is 20.8 Å². The molecule has 1 heterocycles. The van der Waals surface area contributed by atoms with E-state index in [0.29, 0.717) is 18.3 Å². The van der Waals surface area contributed by atoms with E-state index in [1.807, 2.05) is 0 Å². The van der Waals surface area contributed by atoms with Crippen LogP contribution in [0.25, 0.3) is 0 Å². The molecule has 8 nitrogen and oxygen atoms in total. The van der Waals surface area contributed by atoms with Crippen molar-refractivity contribution >= 4 is 12.0 Å². The van der Waals surface area contributed by atoms with Crippen molar-refractivity contribution in [3.63, 3.8) is 0 Å². The Balaban J connectivity index is 2.47. The van der Waals surface area contributed by atoms with Gasteiger partial charge in [0.05, 0.1) is 12.5 Å². The highest BCUT2D eigenvalue weighted by molar-refractivity contribution is 5.75. The lowest BCUT2D eigenvalue weighted by molar-refractivity contribution is -0.141. The molecule has 0 fully saturated rings. The summed E-state index contributed by atoms with van der Waals surface area (Å²) in [6.45, 7) is 5.72. The minimum atomic E-state index is -0.932. The summed E-state index contributed by atoms with van der Waals surface area (Å²) in [5.74, 6) is -0.737. The van der Waals surface area contributed by atoms with Crippen LogP contribution in [-0.4, -0.2) is 45.2 Å². The molecule has 19 heavy (non-hydrogen) atoms. The fourth-order valence-corrected chi connectivity index (χ4v) is 1.44. The van der Waals surface area contributed by atoms with Crippen LogP contribution in [0.15, 0.2) is 4.52 Å². The fraction of sp³-hybridized carbons (Fsp3) is 0.636. The number of carboxylic acids is 1. The molecule has 0 saturated heterocycles. The van der Waals surface area contributed by atoms with E-state index in [-0.39, 0.29) is 19.1 Å². The van der Waals surface area contributed by atoms with Crippen LogP contribution >= 0.6 is 0 Å². The van der Waals surface area contributed by atoms with E-state index in [1.165, 1.54) is 4.90 Å². The summed E-state index contributed by atoms with van der Waals surface area (Å²) in [5.41, 5.74) is 0. The van der Waals surface area contributed by atoms with Crippen LogP contribution in [-0.2, 0) is 11.3 Å². The molecule has 1 atom stereocenters. The van der Waals surface area contributed by atoms with E-state index in [9.17, 15) is 9.59 Å². The smallest absolute Gasteiger partial charge is 0.317 e. The van der Waals surface area contributed by atoms with Gasteiger partial charge in [-0.25, -0.2) is 4.79 Å². The van der Waals surface area contributed by atoms with Crippen molar-refractivity contribution in [2.45, 2.75) is 27.3 Å². The molecule has 1 aromatic heterocycles. The van der Waals surface area contributed by atoms with Gasteiger partial charge in [0.1, 0.15) is 0 Å². The van der Waals surface area contributed by atoms with Gasteiger partial charge in [-0.2, -0.15) is 4.98 Å². The molecule has 0 aromatic carbocycles. The highest BCUT2D eigenvalue weighted by atomic mass is 16.5. The van der Waals surface area contributed by atoms with Crippen molar-refractivity contribution in [2.24, 2.45) is 5.92 Å². The molecule has 2 amide bonds. The number of carbonyl (C=O) groups excluding carboxylic acids is 1. The molecule has 1 rings (SSSR count). The first-order chi connectivity index (χ1) is 8.93. The number of rotatable bonds is 6. The average Bonchev–Trinajstić information content (AvgIpc) is 2.78. The van der Waals surface area contributed by atoms with Crippen LogP contribution in [0.1, 0.15) is 25.6 Å². The number of aromatic nitrogens is 2. The third kappa shape index (κ3) is 4.57. The van der Waals surface area contributed by atoms with Crippen molar-refractivity contribution in [2.75, 3.05) is 13.1 Å². The van der Waals surface area contributed by atoms with Crippen LogP contribution in [0, 0.1) is 12.8 Å². The van der Waals surface area contributed by atoms with Crippen molar-refractivity contribution in [3.8, 4) is 0 Å². The summed E-state index contributed by atoms with van der Waals surface area (Å²) in [4.78, 5) is 28.0. The molecule has 8 heteroatoms. The molecule has 1 aromatic rings. The molecule has 0 spiro atoms. The van der Waals surface area contributed by atoms with Gasteiger partial charge < -0.3 is 19.8 Å². The number of carbonyl (C=O) groups is 2. The topological polar surface area (TPSA) is 109 Å². The van der Waals surface area contributed by atoms with Crippen LogP contribution in [0.2, 0.25) is 0 Å². The number of carboxylic acid groups (broad SMARTS) is 1. The maximum absolute atomic E-state index is 11.8. The maximum Gasteiger partial charge on any atom is 0.317 e. The Hall–Kier alpha value is -2.12. The largest absolute Gasteiger partial charge is 0.481 e. The molecular formula is C11H18N4O4. The van der Waals surface area contributed by atoms with E-state index >= 15 is 0 Å². The highest BCUT2D eigenvalue weighted by Crippen LogP contribution is 2.01. The lowest BCUT2D eigenvalue weighted by Crippen LogP contribution is -2.42. The van der Waals surface area contributed by atoms with Crippen molar-refractivity contribution in [3.05, 3.63) is 11.7 Å². The zero-order valence-electron chi connectivity index (χ0n) is 11.2. The van der Waals surface area contributed by atoms with E-state index in [0.717, 1.165) is 0 Å². The fourth-order valence-electron chi connectivity index (χ4n) is 1.44. The number of aliphatic carboxylic acids is 1. The number of aryl methyl sites for hydroxylation is 1. The van der Waals surface area contributed by atoms with Gasteiger partial charge in [-0.1, -0.05) is 12.1 Å². The van der Waals surface area contributed by atoms with E-state index < -0.39 is 11.9 Å². The summed E-state index contributed by atoms with van der Waals surface area (Å²) in [7, 11) is 0. The van der Waals surface area contributed by atoms with Crippen molar-refractivity contribution < 1.29 is 19.2 Å². The molecule has 0 aliphatic carbocycles. The van der Waals surface area contributed by atoms with Gasteiger partial charge in [-0.15, -0.1) is 0 Å². The number of nitrogens with one attached hydrogen (secondary N) is 1. The van der Waals surface area contributed by atoms with Gasteiger partial charge in [0, 0.05) is 13.1 Å². The SMILES string of the molecule is CCN(CC(C)C(=O)O)C(=O)NCc1nc(C)no1.